The molecule has 0 aromatic heterocycles. The molecule has 2 heterocycles. The van der Waals surface area contributed by atoms with E-state index in [9.17, 15) is 4.79 Å². The van der Waals surface area contributed by atoms with Crippen LogP contribution in [0.4, 0.5) is 5.69 Å². The van der Waals surface area contributed by atoms with Crippen LogP contribution in [-0.2, 0) is 12.8 Å². The summed E-state index contributed by atoms with van der Waals surface area (Å²) in [4.78, 5) is 12.8. The summed E-state index contributed by atoms with van der Waals surface area (Å²) >= 11 is 3.41. The third-order valence-corrected chi connectivity index (χ3v) is 4.45. The van der Waals surface area contributed by atoms with E-state index in [1.807, 2.05) is 30.3 Å². The van der Waals surface area contributed by atoms with Crippen molar-refractivity contribution in [3.05, 3.63) is 51.5 Å². The summed E-state index contributed by atoms with van der Waals surface area (Å²) in [6.07, 6.45) is 1.57. The first-order valence-electron chi connectivity index (χ1n) is 7.23. The Bertz CT molecular complexity index is 740. The molecule has 22 heavy (non-hydrogen) atoms. The van der Waals surface area contributed by atoms with Crippen molar-refractivity contribution < 1.29 is 14.3 Å². The molecule has 0 unspecified atom stereocenters. The van der Waals surface area contributed by atoms with E-state index in [0.29, 0.717) is 18.8 Å². The maximum absolute atomic E-state index is 12.8. The predicted octanol–water partition coefficient (Wildman–Crippen LogP) is 3.57. The van der Waals surface area contributed by atoms with Crippen molar-refractivity contribution in [3.8, 4) is 11.5 Å². The van der Waals surface area contributed by atoms with Crippen LogP contribution in [0.3, 0.4) is 0 Å². The standard InChI is InChI=1S/C17H14BrNO3/c18-11-2-1-3-12(9-11)19-17(20)15-13-5-7-21-14(13)8-10-4-6-22-16(10)15/h1-3,8-9H,4-7H2,(H,19,20). The quantitative estimate of drug-likeness (QED) is 0.891. The van der Waals surface area contributed by atoms with Gasteiger partial charge in [0.1, 0.15) is 11.5 Å². The fourth-order valence-corrected chi connectivity index (χ4v) is 3.38. The number of benzene rings is 2. The molecule has 2 aliphatic rings. The lowest BCUT2D eigenvalue weighted by Gasteiger charge is -2.13. The molecule has 0 atom stereocenters. The molecule has 2 aliphatic heterocycles. The van der Waals surface area contributed by atoms with Crippen LogP contribution in [0.25, 0.3) is 0 Å². The summed E-state index contributed by atoms with van der Waals surface area (Å²) < 4.78 is 12.3. The first-order chi connectivity index (χ1) is 10.7. The molecule has 1 N–H and O–H groups in total. The van der Waals surface area contributed by atoms with Crippen LogP contribution in [0.5, 0.6) is 11.5 Å². The highest BCUT2D eigenvalue weighted by atomic mass is 79.9. The molecule has 5 heteroatoms. The first-order valence-corrected chi connectivity index (χ1v) is 8.03. The highest BCUT2D eigenvalue weighted by Gasteiger charge is 2.30. The normalized spacial score (nSPS) is 14.8. The van der Waals surface area contributed by atoms with Crippen molar-refractivity contribution in [2.75, 3.05) is 18.5 Å². The molecule has 0 spiro atoms. The minimum absolute atomic E-state index is 0.140. The molecule has 0 aliphatic carbocycles. The van der Waals surface area contributed by atoms with Crippen LogP contribution >= 0.6 is 15.9 Å². The van der Waals surface area contributed by atoms with Crippen LogP contribution in [-0.4, -0.2) is 19.1 Å². The number of hydrogen-bond donors (Lipinski definition) is 1. The van der Waals surface area contributed by atoms with Gasteiger partial charge in [0.25, 0.3) is 5.91 Å². The molecular formula is C17H14BrNO3. The Kier molecular flexibility index (Phi) is 3.30. The zero-order chi connectivity index (χ0) is 15.1. The molecule has 0 saturated carbocycles. The Morgan fingerprint density at radius 2 is 2.00 bits per heavy atom. The van der Waals surface area contributed by atoms with Gasteiger partial charge in [0.05, 0.1) is 18.8 Å². The van der Waals surface area contributed by atoms with Gasteiger partial charge in [0, 0.05) is 34.1 Å². The van der Waals surface area contributed by atoms with E-state index in [0.717, 1.165) is 45.6 Å². The number of anilines is 1. The fraction of sp³-hybridized carbons (Fsp3) is 0.235. The van der Waals surface area contributed by atoms with Crippen LogP contribution < -0.4 is 14.8 Å². The van der Waals surface area contributed by atoms with E-state index >= 15 is 0 Å². The second-order valence-corrected chi connectivity index (χ2v) is 6.29. The SMILES string of the molecule is O=C(Nc1cccc(Br)c1)c1c2c(cc3c1OCC3)OCC2. The number of ether oxygens (including phenoxy) is 2. The second kappa shape index (κ2) is 5.32. The van der Waals surface area contributed by atoms with Gasteiger partial charge in [-0.25, -0.2) is 0 Å². The Labute approximate surface area is 136 Å². The molecule has 4 nitrogen and oxygen atoms in total. The molecule has 0 bridgehead atoms. The lowest BCUT2D eigenvalue weighted by atomic mass is 9.99. The van der Waals surface area contributed by atoms with Crippen molar-refractivity contribution in [2.45, 2.75) is 12.8 Å². The highest BCUT2D eigenvalue weighted by molar-refractivity contribution is 9.10. The van der Waals surface area contributed by atoms with Gasteiger partial charge in [0.15, 0.2) is 0 Å². The minimum atomic E-state index is -0.140. The molecular weight excluding hydrogens is 346 g/mol. The summed E-state index contributed by atoms with van der Waals surface area (Å²) in [6, 6.07) is 9.56. The number of hydrogen-bond acceptors (Lipinski definition) is 3. The molecule has 0 fully saturated rings. The number of rotatable bonds is 2. The first kappa shape index (κ1) is 13.6. The zero-order valence-electron chi connectivity index (χ0n) is 11.8. The third-order valence-electron chi connectivity index (χ3n) is 3.96. The summed E-state index contributed by atoms with van der Waals surface area (Å²) in [6.45, 7) is 1.24. The van der Waals surface area contributed by atoms with Crippen LogP contribution in [0, 0.1) is 0 Å². The highest BCUT2D eigenvalue weighted by Crippen LogP contribution is 2.40. The Morgan fingerprint density at radius 3 is 2.86 bits per heavy atom. The lowest BCUT2D eigenvalue weighted by Crippen LogP contribution is -2.15. The second-order valence-electron chi connectivity index (χ2n) is 5.38. The van der Waals surface area contributed by atoms with Crippen molar-refractivity contribution in [2.24, 2.45) is 0 Å². The number of halogens is 1. The van der Waals surface area contributed by atoms with Gasteiger partial charge in [-0.15, -0.1) is 0 Å². The number of nitrogens with one attached hydrogen (secondary N) is 1. The van der Waals surface area contributed by atoms with Gasteiger partial charge < -0.3 is 14.8 Å². The Hall–Kier alpha value is -2.01. The fourth-order valence-electron chi connectivity index (χ4n) is 2.99. The van der Waals surface area contributed by atoms with E-state index in [-0.39, 0.29) is 5.91 Å². The molecule has 4 rings (SSSR count). The van der Waals surface area contributed by atoms with E-state index in [1.165, 1.54) is 0 Å². The molecule has 112 valence electrons. The largest absolute Gasteiger partial charge is 0.493 e. The summed E-state index contributed by atoms with van der Waals surface area (Å²) in [5.74, 6) is 1.40. The van der Waals surface area contributed by atoms with Gasteiger partial charge >= 0.3 is 0 Å². The van der Waals surface area contributed by atoms with Crippen LogP contribution in [0.1, 0.15) is 21.5 Å². The maximum Gasteiger partial charge on any atom is 0.259 e. The van der Waals surface area contributed by atoms with Crippen molar-refractivity contribution >= 4 is 27.5 Å². The third kappa shape index (κ3) is 2.25. The van der Waals surface area contributed by atoms with Gasteiger partial charge in [-0.1, -0.05) is 22.0 Å². The van der Waals surface area contributed by atoms with Crippen molar-refractivity contribution in [3.63, 3.8) is 0 Å². The monoisotopic (exact) mass is 359 g/mol. The van der Waals surface area contributed by atoms with Gasteiger partial charge in [0.2, 0.25) is 0 Å². The summed E-state index contributed by atoms with van der Waals surface area (Å²) in [7, 11) is 0. The average molecular weight is 360 g/mol. The maximum atomic E-state index is 12.8. The number of carbonyl (C=O) groups excluding carboxylic acids is 1. The summed E-state index contributed by atoms with van der Waals surface area (Å²) in [5.41, 5.74) is 3.39. The molecule has 0 saturated heterocycles. The molecule has 2 aromatic rings. The Morgan fingerprint density at radius 1 is 1.14 bits per heavy atom. The minimum Gasteiger partial charge on any atom is -0.493 e. The number of amides is 1. The van der Waals surface area contributed by atoms with Crippen molar-refractivity contribution in [1.82, 2.24) is 0 Å². The van der Waals surface area contributed by atoms with Crippen LogP contribution in [0.15, 0.2) is 34.8 Å². The number of fused-ring (bicyclic) bond motifs is 2. The van der Waals surface area contributed by atoms with E-state index in [2.05, 4.69) is 21.2 Å². The molecule has 0 radical (unpaired) electrons. The van der Waals surface area contributed by atoms with E-state index in [4.69, 9.17) is 9.47 Å². The van der Waals surface area contributed by atoms with Gasteiger partial charge in [-0.2, -0.15) is 0 Å². The molecule has 1 amide bonds. The zero-order valence-corrected chi connectivity index (χ0v) is 13.4. The summed E-state index contributed by atoms with van der Waals surface area (Å²) in [5, 5.41) is 2.95. The number of carbonyl (C=O) groups is 1. The molecule has 2 aromatic carbocycles. The lowest BCUT2D eigenvalue weighted by molar-refractivity contribution is 0.102. The van der Waals surface area contributed by atoms with E-state index < -0.39 is 0 Å². The smallest absolute Gasteiger partial charge is 0.259 e. The Balaban J connectivity index is 1.74. The van der Waals surface area contributed by atoms with E-state index in [1.54, 1.807) is 0 Å². The van der Waals surface area contributed by atoms with Crippen molar-refractivity contribution in [1.29, 1.82) is 0 Å². The van der Waals surface area contributed by atoms with Gasteiger partial charge in [-0.3, -0.25) is 4.79 Å². The van der Waals surface area contributed by atoms with Crippen LogP contribution in [0.2, 0.25) is 0 Å². The average Bonchev–Trinajstić information content (AvgIpc) is 3.12. The van der Waals surface area contributed by atoms with Gasteiger partial charge in [-0.05, 0) is 24.3 Å². The topological polar surface area (TPSA) is 47.6 Å². The predicted molar refractivity (Wildman–Crippen MR) is 86.9 cm³/mol.